The molecule has 0 fully saturated rings. The van der Waals surface area contributed by atoms with Gasteiger partial charge in [-0.3, -0.25) is 10.1 Å². The minimum atomic E-state index is -0.406. The number of nitro benzene ring substituents is 1. The molecule has 5 nitrogen and oxygen atoms in total. The van der Waals surface area contributed by atoms with Gasteiger partial charge in [-0.15, -0.1) is 11.3 Å². The van der Waals surface area contributed by atoms with Crippen molar-refractivity contribution in [2.45, 2.75) is 19.4 Å². The molecule has 6 heteroatoms. The van der Waals surface area contributed by atoms with Crippen LogP contribution in [0.1, 0.15) is 24.3 Å². The lowest BCUT2D eigenvalue weighted by molar-refractivity contribution is -0.384. The van der Waals surface area contributed by atoms with Gasteiger partial charge in [0.2, 0.25) is 0 Å². The lowest BCUT2D eigenvalue weighted by Crippen LogP contribution is -2.09. The van der Waals surface area contributed by atoms with Crippen molar-refractivity contribution in [2.75, 3.05) is 12.4 Å². The molecule has 1 unspecified atom stereocenters. The number of rotatable bonds is 6. The van der Waals surface area contributed by atoms with Crippen LogP contribution in [0.25, 0.3) is 0 Å². The Morgan fingerprint density at radius 2 is 2.25 bits per heavy atom. The van der Waals surface area contributed by atoms with Gasteiger partial charge in [0.15, 0.2) is 0 Å². The molecule has 0 radical (unpaired) electrons. The third-order valence-corrected chi connectivity index (χ3v) is 4.00. The fraction of sp³-hybridized carbons (Fsp3) is 0.286. The molecule has 20 heavy (non-hydrogen) atoms. The van der Waals surface area contributed by atoms with Crippen molar-refractivity contribution in [1.82, 2.24) is 0 Å². The highest BCUT2D eigenvalue weighted by atomic mass is 32.1. The van der Waals surface area contributed by atoms with Crippen LogP contribution < -0.4 is 10.1 Å². The largest absolute Gasteiger partial charge is 0.495 e. The number of methoxy groups -OCH3 is 1. The Balaban J connectivity index is 2.30. The molecule has 1 N–H and O–H groups in total. The van der Waals surface area contributed by atoms with E-state index in [0.29, 0.717) is 11.4 Å². The molecule has 2 aromatic rings. The Hall–Kier alpha value is -2.08. The van der Waals surface area contributed by atoms with Crippen molar-refractivity contribution in [3.05, 3.63) is 50.7 Å². The highest BCUT2D eigenvalue weighted by Crippen LogP contribution is 2.33. The van der Waals surface area contributed by atoms with Gasteiger partial charge in [-0.2, -0.15) is 0 Å². The van der Waals surface area contributed by atoms with Crippen molar-refractivity contribution >= 4 is 22.7 Å². The molecule has 0 aliphatic heterocycles. The van der Waals surface area contributed by atoms with Gasteiger partial charge in [0.1, 0.15) is 5.75 Å². The van der Waals surface area contributed by atoms with Crippen molar-refractivity contribution < 1.29 is 9.66 Å². The molecule has 1 heterocycles. The fourth-order valence-corrected chi connectivity index (χ4v) is 2.84. The molecule has 0 saturated carbocycles. The zero-order valence-corrected chi connectivity index (χ0v) is 12.1. The second-order valence-corrected chi connectivity index (χ2v) is 5.24. The highest BCUT2D eigenvalue weighted by Gasteiger charge is 2.16. The van der Waals surface area contributed by atoms with Crippen LogP contribution >= 0.6 is 11.3 Å². The van der Waals surface area contributed by atoms with Gasteiger partial charge in [0, 0.05) is 17.0 Å². The van der Waals surface area contributed by atoms with E-state index in [1.807, 2.05) is 11.4 Å². The van der Waals surface area contributed by atoms with Crippen molar-refractivity contribution in [1.29, 1.82) is 0 Å². The number of thiophene rings is 1. The predicted octanol–water partition coefficient (Wildman–Crippen LogP) is 4.23. The first kappa shape index (κ1) is 14.3. The second kappa shape index (κ2) is 6.38. The smallest absolute Gasteiger partial charge is 0.271 e. The Labute approximate surface area is 121 Å². The molecule has 0 amide bonds. The molecule has 0 aliphatic carbocycles. The van der Waals surface area contributed by atoms with E-state index in [-0.39, 0.29) is 11.7 Å². The monoisotopic (exact) mass is 292 g/mol. The molecule has 0 bridgehead atoms. The first-order chi connectivity index (χ1) is 9.65. The van der Waals surface area contributed by atoms with Gasteiger partial charge in [-0.05, 0) is 23.9 Å². The van der Waals surface area contributed by atoms with Crippen LogP contribution in [-0.2, 0) is 0 Å². The number of benzene rings is 1. The lowest BCUT2D eigenvalue weighted by atomic mass is 10.1. The van der Waals surface area contributed by atoms with Crippen LogP contribution in [0.3, 0.4) is 0 Å². The third kappa shape index (κ3) is 3.08. The number of nitrogens with one attached hydrogen (secondary N) is 1. The summed E-state index contributed by atoms with van der Waals surface area (Å²) in [6.45, 7) is 2.07. The van der Waals surface area contributed by atoms with E-state index in [4.69, 9.17) is 4.74 Å². The molecule has 0 saturated heterocycles. The van der Waals surface area contributed by atoms with Crippen LogP contribution in [0.5, 0.6) is 5.75 Å². The van der Waals surface area contributed by atoms with E-state index in [0.717, 1.165) is 6.42 Å². The normalized spacial score (nSPS) is 11.9. The Morgan fingerprint density at radius 1 is 1.45 bits per heavy atom. The van der Waals surface area contributed by atoms with Gasteiger partial charge >= 0.3 is 0 Å². The SMILES string of the molecule is CCC(Nc1cc([N+](=O)[O-])ccc1OC)c1cccs1. The topological polar surface area (TPSA) is 64.4 Å². The van der Waals surface area contributed by atoms with E-state index in [2.05, 4.69) is 18.3 Å². The number of nitro groups is 1. The first-order valence-corrected chi connectivity index (χ1v) is 7.16. The Kier molecular flexibility index (Phi) is 4.57. The summed E-state index contributed by atoms with van der Waals surface area (Å²) in [5, 5.41) is 16.2. The van der Waals surface area contributed by atoms with Crippen molar-refractivity contribution in [2.24, 2.45) is 0 Å². The molecule has 106 valence electrons. The highest BCUT2D eigenvalue weighted by molar-refractivity contribution is 7.10. The van der Waals surface area contributed by atoms with Gasteiger partial charge < -0.3 is 10.1 Å². The number of hydrogen-bond acceptors (Lipinski definition) is 5. The maximum Gasteiger partial charge on any atom is 0.271 e. The second-order valence-electron chi connectivity index (χ2n) is 4.26. The maximum atomic E-state index is 10.9. The molecule has 0 spiro atoms. The molecular formula is C14H16N2O3S. The zero-order chi connectivity index (χ0) is 14.5. The first-order valence-electron chi connectivity index (χ1n) is 6.28. The summed E-state index contributed by atoms with van der Waals surface area (Å²) in [6, 6.07) is 8.73. The number of anilines is 1. The summed E-state index contributed by atoms with van der Waals surface area (Å²) in [6.07, 6.45) is 0.881. The number of ether oxygens (including phenoxy) is 1. The van der Waals surface area contributed by atoms with Gasteiger partial charge in [-0.25, -0.2) is 0 Å². The van der Waals surface area contributed by atoms with E-state index < -0.39 is 4.92 Å². The zero-order valence-electron chi connectivity index (χ0n) is 11.3. The Bertz CT molecular complexity index is 584. The molecule has 1 atom stereocenters. The van der Waals surface area contributed by atoms with Gasteiger partial charge in [-0.1, -0.05) is 13.0 Å². The summed E-state index contributed by atoms with van der Waals surface area (Å²) >= 11 is 1.66. The van der Waals surface area contributed by atoms with E-state index >= 15 is 0 Å². The van der Waals surface area contributed by atoms with Crippen LogP contribution in [0, 0.1) is 10.1 Å². The van der Waals surface area contributed by atoms with Crippen LogP contribution in [0.4, 0.5) is 11.4 Å². The molecule has 1 aromatic carbocycles. The summed E-state index contributed by atoms with van der Waals surface area (Å²) in [5.41, 5.74) is 0.691. The van der Waals surface area contributed by atoms with E-state index in [9.17, 15) is 10.1 Å². The number of hydrogen-bond donors (Lipinski definition) is 1. The molecule has 0 aliphatic rings. The van der Waals surface area contributed by atoms with Crippen molar-refractivity contribution in [3.8, 4) is 5.75 Å². The number of nitrogens with zero attached hydrogens (tertiary/aromatic N) is 1. The van der Waals surface area contributed by atoms with Crippen LogP contribution in [0.2, 0.25) is 0 Å². The molecular weight excluding hydrogens is 276 g/mol. The predicted molar refractivity (Wildman–Crippen MR) is 80.6 cm³/mol. The average molecular weight is 292 g/mol. The van der Waals surface area contributed by atoms with Crippen LogP contribution in [-0.4, -0.2) is 12.0 Å². The fourth-order valence-electron chi connectivity index (χ4n) is 1.97. The van der Waals surface area contributed by atoms with Gasteiger partial charge in [0.05, 0.1) is 23.8 Å². The van der Waals surface area contributed by atoms with Crippen LogP contribution in [0.15, 0.2) is 35.7 Å². The summed E-state index contributed by atoms with van der Waals surface area (Å²) in [7, 11) is 1.55. The maximum absolute atomic E-state index is 10.9. The van der Waals surface area contributed by atoms with E-state index in [1.54, 1.807) is 24.5 Å². The number of non-ortho nitro benzene ring substituents is 1. The average Bonchev–Trinajstić information content (AvgIpc) is 2.98. The summed E-state index contributed by atoms with van der Waals surface area (Å²) < 4.78 is 5.26. The standard InChI is InChI=1S/C14H16N2O3S/c1-3-11(14-5-4-8-20-14)15-12-9-10(16(17)18)6-7-13(12)19-2/h4-9,11,15H,3H2,1-2H3. The lowest BCUT2D eigenvalue weighted by Gasteiger charge is -2.18. The van der Waals surface area contributed by atoms with E-state index in [1.165, 1.54) is 17.0 Å². The Morgan fingerprint density at radius 3 is 2.80 bits per heavy atom. The minimum absolute atomic E-state index is 0.0503. The third-order valence-electron chi connectivity index (χ3n) is 3.02. The van der Waals surface area contributed by atoms with Gasteiger partial charge in [0.25, 0.3) is 5.69 Å². The quantitative estimate of drug-likeness (QED) is 0.639. The van der Waals surface area contributed by atoms with Crippen molar-refractivity contribution in [3.63, 3.8) is 0 Å². The molecule has 1 aromatic heterocycles. The minimum Gasteiger partial charge on any atom is -0.495 e. The summed E-state index contributed by atoms with van der Waals surface area (Å²) in [5.74, 6) is 0.602. The summed E-state index contributed by atoms with van der Waals surface area (Å²) in [4.78, 5) is 11.7. The molecule has 2 rings (SSSR count).